The van der Waals surface area contributed by atoms with E-state index in [1.54, 1.807) is 25.4 Å². The van der Waals surface area contributed by atoms with Crippen molar-refractivity contribution in [2.24, 2.45) is 0 Å². The average Bonchev–Trinajstić information content (AvgIpc) is 3.32. The molecule has 10 nitrogen and oxygen atoms in total. The number of nitrogens with zero attached hydrogens (tertiary/aromatic N) is 4. The second-order valence-corrected chi connectivity index (χ2v) is 7.96. The number of benzene rings is 2. The van der Waals surface area contributed by atoms with E-state index in [1.807, 2.05) is 48.5 Å². The Balaban J connectivity index is 1.26. The number of hydrogen-bond acceptors (Lipinski definition) is 6. The van der Waals surface area contributed by atoms with Gasteiger partial charge in [0, 0.05) is 29.9 Å². The summed E-state index contributed by atoms with van der Waals surface area (Å²) in [5, 5.41) is 14.0. The van der Waals surface area contributed by atoms with Gasteiger partial charge in [-0.15, -0.1) is 0 Å². The molecule has 0 fully saturated rings. The van der Waals surface area contributed by atoms with Gasteiger partial charge in [0.05, 0.1) is 37.7 Å². The van der Waals surface area contributed by atoms with Crippen molar-refractivity contribution >= 4 is 17.5 Å². The van der Waals surface area contributed by atoms with E-state index in [1.165, 1.54) is 21.6 Å². The molecule has 0 bridgehead atoms. The lowest BCUT2D eigenvalue weighted by atomic mass is 10.1. The molecular weight excluding hydrogens is 460 g/mol. The van der Waals surface area contributed by atoms with Gasteiger partial charge in [-0.3, -0.25) is 19.1 Å². The second-order valence-electron chi connectivity index (χ2n) is 7.96. The molecule has 2 heterocycles. The van der Waals surface area contributed by atoms with E-state index in [4.69, 9.17) is 4.74 Å². The van der Waals surface area contributed by atoms with Gasteiger partial charge in [0.25, 0.3) is 5.56 Å². The second kappa shape index (κ2) is 11.6. The van der Waals surface area contributed by atoms with Gasteiger partial charge in [-0.05, 0) is 12.1 Å². The van der Waals surface area contributed by atoms with Crippen LogP contribution in [0.4, 0.5) is 5.69 Å². The molecule has 2 aromatic heterocycles. The number of ether oxygens (including phenoxy) is 1. The quantitative estimate of drug-likeness (QED) is 0.354. The average molecular weight is 487 g/mol. The molecule has 2 aromatic carbocycles. The van der Waals surface area contributed by atoms with Gasteiger partial charge in [-0.25, -0.2) is 4.68 Å². The molecule has 4 rings (SSSR count). The van der Waals surface area contributed by atoms with E-state index in [2.05, 4.69) is 20.8 Å². The smallest absolute Gasteiger partial charge is 0.266 e. The molecule has 2 amide bonds. The lowest BCUT2D eigenvalue weighted by Crippen LogP contribution is -2.33. The van der Waals surface area contributed by atoms with Crippen LogP contribution in [0.3, 0.4) is 0 Å². The van der Waals surface area contributed by atoms with Crippen LogP contribution in [0.1, 0.15) is 5.56 Å². The van der Waals surface area contributed by atoms with Crippen molar-refractivity contribution in [3.8, 4) is 17.0 Å². The number of hydrogen-bond donors (Lipinski definition) is 2. The molecule has 0 spiro atoms. The van der Waals surface area contributed by atoms with E-state index in [9.17, 15) is 14.4 Å². The van der Waals surface area contributed by atoms with Crippen molar-refractivity contribution in [1.29, 1.82) is 0 Å². The number of amides is 2. The summed E-state index contributed by atoms with van der Waals surface area (Å²) in [5.74, 6) is 0.140. The summed E-state index contributed by atoms with van der Waals surface area (Å²) >= 11 is 0. The van der Waals surface area contributed by atoms with Crippen LogP contribution < -0.4 is 20.9 Å². The number of carbonyl (C=O) groups excluding carboxylic acids is 2. The van der Waals surface area contributed by atoms with Crippen LogP contribution in [-0.4, -0.2) is 45.0 Å². The Kier molecular flexibility index (Phi) is 7.87. The van der Waals surface area contributed by atoms with E-state index >= 15 is 0 Å². The first-order valence-corrected chi connectivity index (χ1v) is 11.4. The van der Waals surface area contributed by atoms with Crippen LogP contribution in [0.2, 0.25) is 0 Å². The summed E-state index contributed by atoms with van der Waals surface area (Å²) in [7, 11) is 1.56. The third-order valence-electron chi connectivity index (χ3n) is 5.35. The van der Waals surface area contributed by atoms with Crippen LogP contribution >= 0.6 is 0 Å². The maximum atomic E-state index is 12.4. The Labute approximate surface area is 207 Å². The fraction of sp³-hybridized carbons (Fsp3) is 0.192. The molecule has 0 aliphatic rings. The number of nitrogens with one attached hydrogen (secondary N) is 2. The lowest BCUT2D eigenvalue weighted by Gasteiger charge is -2.09. The Hall–Kier alpha value is -4.73. The van der Waals surface area contributed by atoms with Gasteiger partial charge in [-0.1, -0.05) is 48.5 Å². The molecule has 0 aliphatic carbocycles. The predicted octanol–water partition coefficient (Wildman–Crippen LogP) is 2.11. The van der Waals surface area contributed by atoms with Crippen LogP contribution in [0, 0.1) is 0 Å². The molecule has 4 aromatic rings. The Bertz CT molecular complexity index is 1400. The minimum absolute atomic E-state index is 0.0330. The third kappa shape index (κ3) is 6.44. The number of methoxy groups -OCH3 is 1. The number of anilines is 1. The molecule has 0 saturated carbocycles. The van der Waals surface area contributed by atoms with Gasteiger partial charge >= 0.3 is 0 Å². The molecule has 0 aliphatic heterocycles. The van der Waals surface area contributed by atoms with Crippen molar-refractivity contribution < 1.29 is 14.3 Å². The van der Waals surface area contributed by atoms with Crippen LogP contribution in [0.15, 0.2) is 83.9 Å². The number of aromatic nitrogens is 4. The highest BCUT2D eigenvalue weighted by atomic mass is 16.5. The van der Waals surface area contributed by atoms with Gasteiger partial charge < -0.3 is 15.4 Å². The highest BCUT2D eigenvalue weighted by Gasteiger charge is 2.11. The monoisotopic (exact) mass is 486 g/mol. The molecule has 0 unspecified atom stereocenters. The SMILES string of the molecule is COc1ccccc1CC(=O)Nc1cnn(CC(=O)NCCn2nc(-c3ccccc3)ccc2=O)c1. The summed E-state index contributed by atoms with van der Waals surface area (Å²) < 4.78 is 8.02. The van der Waals surface area contributed by atoms with E-state index < -0.39 is 0 Å². The first kappa shape index (κ1) is 24.4. The molecule has 0 atom stereocenters. The predicted molar refractivity (Wildman–Crippen MR) is 134 cm³/mol. The molecular formula is C26H26N6O4. The molecule has 10 heteroatoms. The van der Waals surface area contributed by atoms with Crippen LogP contribution in [0.25, 0.3) is 11.3 Å². The Morgan fingerprint density at radius 1 is 0.972 bits per heavy atom. The zero-order valence-electron chi connectivity index (χ0n) is 19.8. The zero-order valence-corrected chi connectivity index (χ0v) is 19.8. The van der Waals surface area contributed by atoms with Gasteiger partial charge in [-0.2, -0.15) is 10.2 Å². The molecule has 184 valence electrons. The molecule has 36 heavy (non-hydrogen) atoms. The van der Waals surface area contributed by atoms with Crippen molar-refractivity contribution in [3.63, 3.8) is 0 Å². The Morgan fingerprint density at radius 3 is 2.56 bits per heavy atom. The van der Waals surface area contributed by atoms with E-state index in [0.29, 0.717) is 17.1 Å². The minimum atomic E-state index is -0.280. The van der Waals surface area contributed by atoms with Crippen molar-refractivity contribution in [2.45, 2.75) is 19.5 Å². The fourth-order valence-corrected chi connectivity index (χ4v) is 3.62. The third-order valence-corrected chi connectivity index (χ3v) is 5.35. The fourth-order valence-electron chi connectivity index (χ4n) is 3.62. The maximum Gasteiger partial charge on any atom is 0.266 e. The minimum Gasteiger partial charge on any atom is -0.496 e. The number of rotatable bonds is 10. The normalized spacial score (nSPS) is 10.6. The highest BCUT2D eigenvalue weighted by Crippen LogP contribution is 2.18. The summed E-state index contributed by atoms with van der Waals surface area (Å²) in [6, 6.07) is 20.0. The number of carbonyl (C=O) groups is 2. The van der Waals surface area contributed by atoms with Crippen molar-refractivity contribution in [2.75, 3.05) is 19.0 Å². The van der Waals surface area contributed by atoms with E-state index in [-0.39, 0.29) is 43.4 Å². The van der Waals surface area contributed by atoms with Gasteiger partial charge in [0.15, 0.2) is 0 Å². The van der Waals surface area contributed by atoms with Crippen LogP contribution in [-0.2, 0) is 29.1 Å². The van der Waals surface area contributed by atoms with Crippen molar-refractivity contribution in [3.05, 3.63) is 95.0 Å². The standard InChI is InChI=1S/C26H26N6O4/c1-36-23-10-6-5-9-20(23)15-24(33)29-21-16-28-31(17-21)18-25(34)27-13-14-32-26(35)12-11-22(30-32)19-7-3-2-4-8-19/h2-12,16-17H,13-15,18H2,1H3,(H,27,34)(H,29,33). The summed E-state index contributed by atoms with van der Waals surface area (Å²) in [5.41, 5.74) is 2.59. The maximum absolute atomic E-state index is 12.4. The zero-order chi connectivity index (χ0) is 25.3. The summed E-state index contributed by atoms with van der Waals surface area (Å²) in [6.07, 6.45) is 3.20. The molecule has 0 radical (unpaired) electrons. The molecule has 2 N–H and O–H groups in total. The summed E-state index contributed by atoms with van der Waals surface area (Å²) in [4.78, 5) is 36.9. The van der Waals surface area contributed by atoms with Crippen molar-refractivity contribution in [1.82, 2.24) is 24.9 Å². The number of para-hydroxylation sites is 1. The Morgan fingerprint density at radius 2 is 1.75 bits per heavy atom. The topological polar surface area (TPSA) is 120 Å². The van der Waals surface area contributed by atoms with Gasteiger partial charge in [0.1, 0.15) is 12.3 Å². The first-order chi connectivity index (χ1) is 17.5. The molecule has 0 saturated heterocycles. The summed E-state index contributed by atoms with van der Waals surface area (Å²) in [6.45, 7) is 0.428. The lowest BCUT2D eigenvalue weighted by molar-refractivity contribution is -0.121. The first-order valence-electron chi connectivity index (χ1n) is 11.4. The van der Waals surface area contributed by atoms with Crippen LogP contribution in [0.5, 0.6) is 5.75 Å². The largest absolute Gasteiger partial charge is 0.496 e. The highest BCUT2D eigenvalue weighted by molar-refractivity contribution is 5.92. The van der Waals surface area contributed by atoms with Gasteiger partial charge in [0.2, 0.25) is 11.8 Å². The van der Waals surface area contributed by atoms with E-state index in [0.717, 1.165) is 11.1 Å².